The van der Waals surface area contributed by atoms with E-state index in [9.17, 15) is 75.7 Å². The molecule has 0 aliphatic rings. The fourth-order valence-electron chi connectivity index (χ4n) is 3.05. The summed E-state index contributed by atoms with van der Waals surface area (Å²) in [6, 6.07) is 1.67. The number of nitrogens with zero attached hydrogens (tertiary/aromatic N) is 7. The fraction of sp³-hybridized carbons (Fsp3) is 0.316. The minimum absolute atomic E-state index is 0.132. The summed E-state index contributed by atoms with van der Waals surface area (Å²) in [5.41, 5.74) is 2.35. The van der Waals surface area contributed by atoms with Gasteiger partial charge in [-0.2, -0.15) is 0 Å². The van der Waals surface area contributed by atoms with E-state index in [1.165, 1.54) is 0 Å². The molecule has 2 rings (SSSR count). The van der Waals surface area contributed by atoms with Crippen molar-refractivity contribution in [3.8, 4) is 11.5 Å². The topological polar surface area (TPSA) is 376 Å². The lowest BCUT2D eigenvalue weighted by molar-refractivity contribution is -0.880. The molecule has 234 valence electrons. The van der Waals surface area contributed by atoms with Gasteiger partial charge in [-0.25, -0.2) is 0 Å². The van der Waals surface area contributed by atoms with Crippen molar-refractivity contribution >= 4 is 40.0 Å². The molecule has 0 aliphatic heterocycles. The van der Waals surface area contributed by atoms with E-state index in [0.717, 1.165) is 11.0 Å². The molecule has 0 saturated heterocycles. The van der Waals surface area contributed by atoms with Crippen molar-refractivity contribution in [3.63, 3.8) is 0 Å². The van der Waals surface area contributed by atoms with Crippen molar-refractivity contribution in [2.24, 2.45) is 5.73 Å². The van der Waals surface area contributed by atoms with Gasteiger partial charge in [-0.15, -0.1) is 0 Å². The second-order valence-electron chi connectivity index (χ2n) is 9.18. The monoisotopic (exact) mass is 617 g/mol. The lowest BCUT2D eigenvalue weighted by Gasteiger charge is -2.25. The second kappa shape index (κ2) is 15.0. The molecule has 24 nitrogen and oxygen atoms in total. The van der Waals surface area contributed by atoms with Crippen molar-refractivity contribution in [1.82, 2.24) is 0 Å². The van der Waals surface area contributed by atoms with Gasteiger partial charge >= 0.3 is 0 Å². The molecule has 0 heterocycles. The molecule has 0 spiro atoms. The molecule has 24 heteroatoms. The van der Waals surface area contributed by atoms with E-state index in [2.05, 4.69) is 26.9 Å². The molecule has 1 amide bonds. The molecule has 2 aromatic carbocycles. The number of non-ortho nitro benzene ring substituents is 2. The largest absolute Gasteiger partial charge is 0.863 e. The van der Waals surface area contributed by atoms with Crippen LogP contribution in [0.5, 0.6) is 11.5 Å². The van der Waals surface area contributed by atoms with Crippen LogP contribution in [0.25, 0.3) is 0 Å². The molecule has 0 saturated carbocycles. The smallest absolute Gasteiger partial charge is 0.283 e. The van der Waals surface area contributed by atoms with Crippen LogP contribution in [0.2, 0.25) is 0 Å². The third-order valence-electron chi connectivity index (χ3n) is 4.57. The number of primary amides is 1. The summed E-state index contributed by atoms with van der Waals surface area (Å²) in [7, 11) is 6.21. The van der Waals surface area contributed by atoms with Crippen LogP contribution in [0.3, 0.4) is 0 Å². The van der Waals surface area contributed by atoms with E-state index in [0.29, 0.717) is 30.7 Å². The zero-order valence-corrected chi connectivity index (χ0v) is 22.3. The lowest BCUT2D eigenvalue weighted by atomic mass is 10.2. The third-order valence-corrected chi connectivity index (χ3v) is 4.57. The summed E-state index contributed by atoms with van der Waals surface area (Å²) in [6.07, 6.45) is 0.384. The van der Waals surface area contributed by atoms with Gasteiger partial charge in [-0.05, 0) is 0 Å². The van der Waals surface area contributed by atoms with Gasteiger partial charge in [0.15, 0.2) is 0 Å². The minimum atomic E-state index is -1.46. The number of benzene rings is 2. The van der Waals surface area contributed by atoms with E-state index in [-0.39, 0.29) is 11.9 Å². The Kier molecular flexibility index (Phi) is 12.8. The summed E-state index contributed by atoms with van der Waals surface area (Å²) in [5, 5.41) is 84.2. The average Bonchev–Trinajstić information content (AvgIpc) is 2.82. The highest BCUT2D eigenvalue weighted by Gasteiger charge is 2.25. The summed E-state index contributed by atoms with van der Waals surface area (Å²) >= 11 is 0. The first-order chi connectivity index (χ1) is 19.5. The summed E-state index contributed by atoms with van der Waals surface area (Å²) < 4.78 is 0.821. The molecule has 0 radical (unpaired) electrons. The van der Waals surface area contributed by atoms with Gasteiger partial charge in [-0.1, -0.05) is 0 Å². The van der Waals surface area contributed by atoms with Crippen molar-refractivity contribution < 1.29 is 54.8 Å². The number of amides is 1. The van der Waals surface area contributed by atoms with E-state index in [1.807, 2.05) is 0 Å². The Balaban J connectivity index is 0.000000629. The predicted molar refractivity (Wildman–Crippen MR) is 135 cm³/mol. The molecular formula is C19H23N9O15. The minimum Gasteiger partial charge on any atom is -0.863 e. The van der Waals surface area contributed by atoms with Crippen LogP contribution in [0.1, 0.15) is 6.42 Å². The van der Waals surface area contributed by atoms with Gasteiger partial charge in [0.25, 0.3) is 34.1 Å². The Hall–Kier alpha value is -6.17. The second-order valence-corrected chi connectivity index (χ2v) is 9.18. The number of hydrogen-bond acceptors (Lipinski definition) is 15. The van der Waals surface area contributed by atoms with Gasteiger partial charge in [0, 0.05) is 0 Å². The number of carbonyl (C=O) groups excluding carboxylic acids is 1. The maximum Gasteiger partial charge on any atom is 0.283 e. The van der Waals surface area contributed by atoms with Crippen LogP contribution in [-0.2, 0) is 4.79 Å². The van der Waals surface area contributed by atoms with Gasteiger partial charge < -0.3 is 26.2 Å². The van der Waals surface area contributed by atoms with Crippen LogP contribution in [-0.4, -0.2) is 73.7 Å². The molecule has 5 N–H and O–H groups in total. The number of hydrogen-bond donors (Lipinski definition) is 2. The van der Waals surface area contributed by atoms with Crippen molar-refractivity contribution in [2.45, 2.75) is 12.5 Å². The Morgan fingerprint density at radius 1 is 0.674 bits per heavy atom. The molecule has 43 heavy (non-hydrogen) atoms. The molecule has 2 aromatic rings. The highest BCUT2D eigenvalue weighted by Crippen LogP contribution is 2.37. The highest BCUT2D eigenvalue weighted by molar-refractivity contribution is 5.74. The Bertz CT molecular complexity index is 1290. The molecule has 0 aromatic heterocycles. The number of rotatable bonds is 10. The predicted octanol–water partition coefficient (Wildman–Crippen LogP) is -0.852. The number of nitrogens with two attached hydrogens (primary N) is 1. The maximum atomic E-state index is 11.1. The van der Waals surface area contributed by atoms with Crippen molar-refractivity contribution in [1.29, 1.82) is 0 Å². The quantitative estimate of drug-likeness (QED) is 0.186. The first-order valence-corrected chi connectivity index (χ1v) is 11.0. The van der Waals surface area contributed by atoms with E-state index in [1.54, 1.807) is 0 Å². The molecule has 0 bridgehead atoms. The van der Waals surface area contributed by atoms with Crippen LogP contribution in [0.15, 0.2) is 24.3 Å². The molecule has 0 fully saturated rings. The summed E-state index contributed by atoms with van der Waals surface area (Å²) in [6.45, 7) is 0.878. The molecule has 1 atom stereocenters. The number of nitro benzene ring substituents is 6. The zero-order chi connectivity index (χ0) is 34.0. The third kappa shape index (κ3) is 11.8. The zero-order valence-electron chi connectivity index (χ0n) is 22.3. The SMILES string of the molecule is C[N+](C)(C)C[C@H]([NH3+])CC(N)=O.O=[N+]([O-])c1cc([N+](=O)[O-])c([O-])c([N+](=O)[O-])c1.O=[N+]([O-])c1cc([N+](=O)[O-])c([O-])c([N+](=O)[O-])c1. The van der Waals surface area contributed by atoms with Crippen molar-refractivity contribution in [2.75, 3.05) is 27.7 Å². The normalized spacial score (nSPS) is 11.0. The first kappa shape index (κ1) is 36.8. The van der Waals surface area contributed by atoms with E-state index < -0.39 is 75.2 Å². The first-order valence-electron chi connectivity index (χ1n) is 11.0. The Labute approximate surface area is 237 Å². The number of likely N-dealkylation sites (N-methyl/N-ethyl adjacent to an activating group) is 1. The number of quaternary nitrogens is 2. The molecular weight excluding hydrogens is 594 g/mol. The van der Waals surface area contributed by atoms with Crippen molar-refractivity contribution in [3.05, 3.63) is 85.0 Å². The van der Waals surface area contributed by atoms with Crippen LogP contribution in [0.4, 0.5) is 34.1 Å². The average molecular weight is 617 g/mol. The maximum absolute atomic E-state index is 11.1. The van der Waals surface area contributed by atoms with E-state index in [4.69, 9.17) is 5.73 Å². The Morgan fingerprint density at radius 2 is 0.930 bits per heavy atom. The van der Waals surface area contributed by atoms with Crippen LogP contribution >= 0.6 is 0 Å². The van der Waals surface area contributed by atoms with Gasteiger partial charge in [0.2, 0.25) is 5.91 Å². The standard InChI is InChI=1S/C7H17N3O.2C6H3N3O7/c1-10(2,3)5-6(8)4-7(9)11;2*10-6-4(8(13)14)1-3(7(11)12)2-5(6)9(15)16/h6H,4-5,8H2,1-3H3,(H-,9,11);2*1-2,10H/t6-;;/m1../s1. The molecule has 0 aliphatic carbocycles. The number of nitro groups is 6. The van der Waals surface area contributed by atoms with Gasteiger partial charge in [0.05, 0.1) is 92.9 Å². The van der Waals surface area contributed by atoms with Gasteiger partial charge in [-0.3, -0.25) is 65.5 Å². The lowest BCUT2D eigenvalue weighted by Crippen LogP contribution is -2.67. The number of carbonyl (C=O) groups is 1. The molecule has 0 unspecified atom stereocenters. The van der Waals surface area contributed by atoms with Gasteiger partial charge in [0.1, 0.15) is 12.6 Å². The summed E-state index contributed by atoms with van der Waals surface area (Å²) in [4.78, 5) is 65.5. The summed E-state index contributed by atoms with van der Waals surface area (Å²) in [5.74, 6) is -3.18. The van der Waals surface area contributed by atoms with Crippen LogP contribution < -0.4 is 21.7 Å². The fourth-order valence-corrected chi connectivity index (χ4v) is 3.05. The Morgan fingerprint density at radius 3 is 1.09 bits per heavy atom. The van der Waals surface area contributed by atoms with Crippen LogP contribution in [0, 0.1) is 60.7 Å². The highest BCUT2D eigenvalue weighted by atomic mass is 16.7. The van der Waals surface area contributed by atoms with E-state index >= 15 is 0 Å².